The zero-order valence-electron chi connectivity index (χ0n) is 13.7. The minimum absolute atomic E-state index is 0.180. The van der Waals surface area contributed by atoms with Gasteiger partial charge in [-0.25, -0.2) is 9.67 Å². The third-order valence-corrected chi connectivity index (χ3v) is 3.92. The molecule has 0 aliphatic rings. The molecule has 24 heavy (non-hydrogen) atoms. The lowest BCUT2D eigenvalue weighted by atomic mass is 10.1. The van der Waals surface area contributed by atoms with Gasteiger partial charge in [-0.15, -0.1) is 0 Å². The highest BCUT2D eigenvalue weighted by atomic mass is 16.1. The van der Waals surface area contributed by atoms with Crippen LogP contribution in [0.2, 0.25) is 0 Å². The number of hydrogen-bond acceptors (Lipinski definition) is 4. The van der Waals surface area contributed by atoms with Crippen molar-refractivity contribution in [2.45, 2.75) is 32.9 Å². The second-order valence-corrected chi connectivity index (χ2v) is 5.39. The van der Waals surface area contributed by atoms with E-state index < -0.39 is 0 Å². The zero-order chi connectivity index (χ0) is 16.9. The first kappa shape index (κ1) is 15.9. The van der Waals surface area contributed by atoms with Crippen molar-refractivity contribution in [2.75, 3.05) is 0 Å². The fourth-order valence-electron chi connectivity index (χ4n) is 2.65. The predicted octanol–water partition coefficient (Wildman–Crippen LogP) is 2.57. The Bertz CT molecular complexity index is 807. The van der Waals surface area contributed by atoms with E-state index in [2.05, 4.69) is 25.6 Å². The molecule has 0 bridgehead atoms. The lowest BCUT2D eigenvalue weighted by molar-refractivity contribution is 0.0933. The number of aromatic amines is 1. The summed E-state index contributed by atoms with van der Waals surface area (Å²) < 4.78 is 1.79. The van der Waals surface area contributed by atoms with E-state index in [4.69, 9.17) is 0 Å². The van der Waals surface area contributed by atoms with Gasteiger partial charge in [0.25, 0.3) is 5.91 Å². The first-order chi connectivity index (χ1) is 11.7. The molecule has 7 heteroatoms. The third-order valence-electron chi connectivity index (χ3n) is 3.92. The summed E-state index contributed by atoms with van der Waals surface area (Å²) in [5.74, 6) is 0.582. The number of nitrogens with one attached hydrogen (secondary N) is 2. The van der Waals surface area contributed by atoms with Gasteiger partial charge in [-0.05, 0) is 13.3 Å². The van der Waals surface area contributed by atoms with Crippen LogP contribution in [-0.2, 0) is 6.54 Å². The van der Waals surface area contributed by atoms with Gasteiger partial charge in [-0.2, -0.15) is 10.2 Å². The maximum absolute atomic E-state index is 12.7. The van der Waals surface area contributed by atoms with E-state index in [0.717, 1.165) is 17.8 Å². The molecule has 1 unspecified atom stereocenters. The monoisotopic (exact) mass is 324 g/mol. The number of aromatic nitrogens is 5. The normalized spacial score (nSPS) is 12.1. The minimum atomic E-state index is -0.196. The van der Waals surface area contributed by atoms with Crippen LogP contribution in [0, 0.1) is 0 Å². The Morgan fingerprint density at radius 2 is 2.08 bits per heavy atom. The lowest BCUT2D eigenvalue weighted by Crippen LogP contribution is -2.30. The van der Waals surface area contributed by atoms with Crippen molar-refractivity contribution in [3.63, 3.8) is 0 Å². The van der Waals surface area contributed by atoms with Crippen LogP contribution in [0.1, 0.15) is 42.5 Å². The average molecular weight is 324 g/mol. The van der Waals surface area contributed by atoms with Crippen LogP contribution in [0.15, 0.2) is 42.9 Å². The highest BCUT2D eigenvalue weighted by molar-refractivity contribution is 5.99. The van der Waals surface area contributed by atoms with Crippen LogP contribution in [0.5, 0.6) is 0 Å². The molecule has 7 nitrogen and oxygen atoms in total. The first-order valence-electron chi connectivity index (χ1n) is 8.01. The van der Waals surface area contributed by atoms with Crippen LogP contribution in [0.4, 0.5) is 0 Å². The number of carbonyl (C=O) groups excluding carboxylic acids is 1. The van der Waals surface area contributed by atoms with E-state index >= 15 is 0 Å². The van der Waals surface area contributed by atoms with Crippen molar-refractivity contribution in [3.8, 4) is 11.3 Å². The number of hydrogen-bond donors (Lipinski definition) is 2. The number of rotatable bonds is 6. The first-order valence-corrected chi connectivity index (χ1v) is 8.01. The van der Waals surface area contributed by atoms with Gasteiger partial charge in [0, 0.05) is 12.1 Å². The fraction of sp³-hybridized carbons (Fsp3) is 0.294. The summed E-state index contributed by atoms with van der Waals surface area (Å²) in [5, 5.41) is 14.1. The molecule has 3 aromatic rings. The minimum Gasteiger partial charge on any atom is -0.342 e. The maximum Gasteiger partial charge on any atom is 0.255 e. The van der Waals surface area contributed by atoms with Gasteiger partial charge in [-0.3, -0.25) is 9.89 Å². The van der Waals surface area contributed by atoms with E-state index in [9.17, 15) is 4.79 Å². The highest BCUT2D eigenvalue weighted by Gasteiger charge is 2.21. The maximum atomic E-state index is 12.7. The smallest absolute Gasteiger partial charge is 0.255 e. The molecule has 0 saturated heterocycles. The Labute approximate surface area is 140 Å². The van der Waals surface area contributed by atoms with Gasteiger partial charge < -0.3 is 5.32 Å². The van der Waals surface area contributed by atoms with E-state index in [1.165, 1.54) is 6.33 Å². The van der Waals surface area contributed by atoms with Gasteiger partial charge >= 0.3 is 0 Å². The molecule has 2 aromatic heterocycles. The van der Waals surface area contributed by atoms with Gasteiger partial charge in [0.2, 0.25) is 0 Å². The Kier molecular flexibility index (Phi) is 4.69. The summed E-state index contributed by atoms with van der Waals surface area (Å²) in [6.07, 6.45) is 3.79. The topological polar surface area (TPSA) is 88.5 Å². The summed E-state index contributed by atoms with van der Waals surface area (Å²) in [6, 6.07) is 9.47. The number of H-pyrrole nitrogens is 1. The van der Waals surface area contributed by atoms with E-state index in [1.807, 2.05) is 44.2 Å². The Balaban J connectivity index is 1.84. The highest BCUT2D eigenvalue weighted by Crippen LogP contribution is 2.22. The molecule has 0 spiro atoms. The number of nitrogens with zero attached hydrogens (tertiary/aromatic N) is 4. The van der Waals surface area contributed by atoms with Gasteiger partial charge in [0.1, 0.15) is 12.2 Å². The second kappa shape index (κ2) is 7.08. The van der Waals surface area contributed by atoms with Crippen molar-refractivity contribution in [1.82, 2.24) is 30.3 Å². The Morgan fingerprint density at radius 3 is 2.79 bits per heavy atom. The van der Waals surface area contributed by atoms with Gasteiger partial charge in [0.05, 0.1) is 23.5 Å². The standard InChI is InChI=1S/C17H20N6O/c1-3-14(16-18-11-20-23(16)4-2)21-17(24)13-10-19-22-15(13)12-8-6-5-7-9-12/h5-11,14H,3-4H2,1-2H3,(H,19,22)(H,21,24). The van der Waals surface area contributed by atoms with Gasteiger partial charge in [0.15, 0.2) is 0 Å². The number of aryl methyl sites for hydroxylation is 1. The predicted molar refractivity (Wildman–Crippen MR) is 90.2 cm³/mol. The number of benzene rings is 1. The van der Waals surface area contributed by atoms with Crippen LogP contribution in [-0.4, -0.2) is 30.9 Å². The van der Waals surface area contributed by atoms with E-state index in [1.54, 1.807) is 10.9 Å². The van der Waals surface area contributed by atoms with Crippen LogP contribution in [0.25, 0.3) is 11.3 Å². The molecule has 0 aliphatic carbocycles. The van der Waals surface area contributed by atoms with Crippen LogP contribution >= 0.6 is 0 Å². The fourth-order valence-corrected chi connectivity index (χ4v) is 2.65. The quantitative estimate of drug-likeness (QED) is 0.729. The molecule has 0 saturated carbocycles. The van der Waals surface area contributed by atoms with Crippen LogP contribution < -0.4 is 5.32 Å². The van der Waals surface area contributed by atoms with E-state index in [-0.39, 0.29) is 11.9 Å². The van der Waals surface area contributed by atoms with Crippen molar-refractivity contribution in [3.05, 3.63) is 54.2 Å². The van der Waals surface area contributed by atoms with Crippen molar-refractivity contribution in [2.24, 2.45) is 0 Å². The Morgan fingerprint density at radius 1 is 1.29 bits per heavy atom. The summed E-state index contributed by atoms with van der Waals surface area (Å²) >= 11 is 0. The van der Waals surface area contributed by atoms with Crippen LogP contribution in [0.3, 0.4) is 0 Å². The van der Waals surface area contributed by atoms with Crippen molar-refractivity contribution >= 4 is 5.91 Å². The third kappa shape index (κ3) is 3.05. The molecule has 0 fully saturated rings. The molecule has 1 atom stereocenters. The summed E-state index contributed by atoms with van der Waals surface area (Å²) in [5.41, 5.74) is 2.15. The molecule has 2 N–H and O–H groups in total. The molecule has 0 aliphatic heterocycles. The molecular weight excluding hydrogens is 304 g/mol. The Hall–Kier alpha value is -2.96. The zero-order valence-corrected chi connectivity index (χ0v) is 13.7. The molecule has 2 heterocycles. The molecule has 1 aromatic carbocycles. The summed E-state index contributed by atoms with van der Waals surface area (Å²) in [4.78, 5) is 17.0. The molecule has 0 radical (unpaired) electrons. The molecule has 3 rings (SSSR count). The molecule has 1 amide bonds. The number of carbonyl (C=O) groups is 1. The summed E-state index contributed by atoms with van der Waals surface area (Å²) in [6.45, 7) is 4.71. The average Bonchev–Trinajstić information content (AvgIpc) is 3.29. The van der Waals surface area contributed by atoms with Gasteiger partial charge in [-0.1, -0.05) is 37.3 Å². The van der Waals surface area contributed by atoms with E-state index in [0.29, 0.717) is 17.8 Å². The number of amides is 1. The SMILES string of the molecule is CCC(NC(=O)c1cn[nH]c1-c1ccccc1)c1ncnn1CC. The molecule has 124 valence electrons. The van der Waals surface area contributed by atoms with Crippen molar-refractivity contribution < 1.29 is 4.79 Å². The molecular formula is C17H20N6O. The summed E-state index contributed by atoms with van der Waals surface area (Å²) in [7, 11) is 0. The van der Waals surface area contributed by atoms with Crippen molar-refractivity contribution in [1.29, 1.82) is 0 Å². The second-order valence-electron chi connectivity index (χ2n) is 5.39. The lowest BCUT2D eigenvalue weighted by Gasteiger charge is -2.16. The largest absolute Gasteiger partial charge is 0.342 e.